The number of esters is 1. The molecule has 2 N–H and O–H groups in total. The number of hydrogen-bond acceptors (Lipinski definition) is 5. The van der Waals surface area contributed by atoms with Gasteiger partial charge in [0.25, 0.3) is 0 Å². The Balaban J connectivity index is 2.75. The Morgan fingerprint density at radius 2 is 2.21 bits per heavy atom. The van der Waals surface area contributed by atoms with Gasteiger partial charge in [0.1, 0.15) is 10.8 Å². The van der Waals surface area contributed by atoms with Crippen molar-refractivity contribution in [3.8, 4) is 0 Å². The largest absolute Gasteiger partial charge is 0.469 e. The van der Waals surface area contributed by atoms with Crippen LogP contribution in [0.2, 0.25) is 0 Å². The van der Waals surface area contributed by atoms with Crippen LogP contribution in [0, 0.1) is 6.92 Å². The number of carbonyl (C=O) groups is 1. The molecule has 0 aliphatic heterocycles. The van der Waals surface area contributed by atoms with Gasteiger partial charge in [0.2, 0.25) is 0 Å². The first-order valence-corrected chi connectivity index (χ1v) is 6.42. The Hall–Kier alpha value is -1.69. The highest BCUT2D eigenvalue weighted by molar-refractivity contribution is 7.80. The molecular weight excluding hydrogens is 262 g/mol. The van der Waals surface area contributed by atoms with Gasteiger partial charge in [0, 0.05) is 25.7 Å². The quantitative estimate of drug-likeness (QED) is 0.628. The summed E-state index contributed by atoms with van der Waals surface area (Å²) in [6.07, 6.45) is 1.07. The molecule has 0 aromatic carbocycles. The number of thiocarbonyl (C=S) groups is 1. The molecule has 1 rings (SSSR count). The second kappa shape index (κ2) is 7.04. The first-order valence-electron chi connectivity index (χ1n) is 6.01. The maximum Gasteiger partial charge on any atom is 0.305 e. The van der Waals surface area contributed by atoms with Gasteiger partial charge in [-0.1, -0.05) is 12.2 Å². The van der Waals surface area contributed by atoms with Crippen molar-refractivity contribution in [2.24, 2.45) is 5.73 Å². The maximum absolute atomic E-state index is 11.1. The summed E-state index contributed by atoms with van der Waals surface area (Å²) in [6, 6.07) is 3.75. The molecule has 0 amide bonds. The minimum Gasteiger partial charge on any atom is -0.469 e. The Labute approximate surface area is 118 Å². The Bertz CT molecular complexity index is 477. The molecule has 6 heteroatoms. The first-order chi connectivity index (χ1) is 8.95. The van der Waals surface area contributed by atoms with Crippen molar-refractivity contribution >= 4 is 29.0 Å². The fourth-order valence-electron chi connectivity index (χ4n) is 1.69. The Morgan fingerprint density at radius 1 is 1.53 bits per heavy atom. The number of methoxy groups -OCH3 is 1. The molecule has 0 bridgehead atoms. The molecule has 19 heavy (non-hydrogen) atoms. The van der Waals surface area contributed by atoms with Crippen molar-refractivity contribution in [1.82, 2.24) is 4.98 Å². The minimum atomic E-state index is -0.208. The molecular formula is C13H19N3O2S. The van der Waals surface area contributed by atoms with Crippen LogP contribution in [0.25, 0.3) is 0 Å². The molecule has 0 saturated heterocycles. The van der Waals surface area contributed by atoms with Gasteiger partial charge in [0.15, 0.2) is 0 Å². The molecule has 0 fully saturated rings. The Kier molecular flexibility index (Phi) is 5.69. The number of aromatic nitrogens is 1. The number of anilines is 1. The predicted octanol–water partition coefficient (Wildman–Crippen LogP) is 1.41. The summed E-state index contributed by atoms with van der Waals surface area (Å²) in [4.78, 5) is 17.8. The molecule has 0 aliphatic rings. The van der Waals surface area contributed by atoms with Crippen molar-refractivity contribution in [3.05, 3.63) is 23.4 Å². The van der Waals surface area contributed by atoms with Gasteiger partial charge >= 0.3 is 5.97 Å². The van der Waals surface area contributed by atoms with Crippen LogP contribution in [0.5, 0.6) is 0 Å². The summed E-state index contributed by atoms with van der Waals surface area (Å²) in [5.41, 5.74) is 7.34. The molecule has 0 atom stereocenters. The lowest BCUT2D eigenvalue weighted by Gasteiger charge is -2.21. The second-order valence-corrected chi connectivity index (χ2v) is 4.73. The highest BCUT2D eigenvalue weighted by Crippen LogP contribution is 2.17. The third-order valence-electron chi connectivity index (χ3n) is 2.74. The topological polar surface area (TPSA) is 68.5 Å². The predicted molar refractivity (Wildman–Crippen MR) is 79.4 cm³/mol. The summed E-state index contributed by atoms with van der Waals surface area (Å²) in [5, 5.41) is 0. The number of nitrogens with zero attached hydrogens (tertiary/aromatic N) is 2. The van der Waals surface area contributed by atoms with Gasteiger partial charge in [-0.15, -0.1) is 0 Å². The summed E-state index contributed by atoms with van der Waals surface area (Å²) >= 11 is 5.02. The number of nitrogens with two attached hydrogens (primary N) is 1. The van der Waals surface area contributed by atoms with Crippen LogP contribution < -0.4 is 10.6 Å². The lowest BCUT2D eigenvalue weighted by atomic mass is 10.2. The van der Waals surface area contributed by atoms with Crippen LogP contribution in [-0.4, -0.2) is 36.6 Å². The van der Waals surface area contributed by atoms with E-state index in [1.807, 2.05) is 31.0 Å². The van der Waals surface area contributed by atoms with E-state index in [0.29, 0.717) is 24.4 Å². The third kappa shape index (κ3) is 4.48. The van der Waals surface area contributed by atoms with Gasteiger partial charge in [-0.25, -0.2) is 4.98 Å². The number of ether oxygens (including phenoxy) is 1. The van der Waals surface area contributed by atoms with Crippen LogP contribution in [0.4, 0.5) is 5.82 Å². The molecule has 1 aromatic heterocycles. The summed E-state index contributed by atoms with van der Waals surface area (Å²) in [7, 11) is 3.29. The molecule has 0 unspecified atom stereocenters. The number of pyridine rings is 1. The van der Waals surface area contributed by atoms with Crippen molar-refractivity contribution in [1.29, 1.82) is 0 Å². The van der Waals surface area contributed by atoms with Gasteiger partial charge in [0.05, 0.1) is 12.7 Å². The molecule has 0 spiro atoms. The van der Waals surface area contributed by atoms with Crippen molar-refractivity contribution in [2.45, 2.75) is 19.8 Å². The summed E-state index contributed by atoms with van der Waals surface area (Å²) in [6.45, 7) is 2.59. The summed E-state index contributed by atoms with van der Waals surface area (Å²) < 4.78 is 4.60. The van der Waals surface area contributed by atoms with Crippen molar-refractivity contribution < 1.29 is 9.53 Å². The van der Waals surface area contributed by atoms with E-state index in [0.717, 1.165) is 17.1 Å². The fourth-order valence-corrected chi connectivity index (χ4v) is 1.85. The second-order valence-electron chi connectivity index (χ2n) is 4.29. The van der Waals surface area contributed by atoms with E-state index < -0.39 is 0 Å². The Morgan fingerprint density at radius 3 is 2.79 bits per heavy atom. The van der Waals surface area contributed by atoms with Crippen LogP contribution in [0.15, 0.2) is 12.1 Å². The molecule has 0 saturated carbocycles. The van der Waals surface area contributed by atoms with E-state index in [1.165, 1.54) is 7.11 Å². The normalized spacial score (nSPS) is 10.1. The van der Waals surface area contributed by atoms with Gasteiger partial charge in [-0.05, 0) is 25.5 Å². The highest BCUT2D eigenvalue weighted by atomic mass is 32.1. The molecule has 1 aromatic rings. The smallest absolute Gasteiger partial charge is 0.305 e. The number of rotatable bonds is 6. The monoisotopic (exact) mass is 281 g/mol. The zero-order chi connectivity index (χ0) is 14.4. The third-order valence-corrected chi connectivity index (χ3v) is 2.96. The number of carbonyl (C=O) groups excluding carboxylic acids is 1. The standard InChI is InChI=1S/C13H19N3O2S/c1-9-6-7-10(12(14)19)13(15-9)16(2)8-4-5-11(17)18-3/h6-7H,4-5,8H2,1-3H3,(H2,14,19). The van der Waals surface area contributed by atoms with Gasteiger partial charge < -0.3 is 15.4 Å². The average molecular weight is 281 g/mol. The fraction of sp³-hybridized carbons (Fsp3) is 0.462. The first kappa shape index (κ1) is 15.4. The van der Waals surface area contributed by atoms with Crippen molar-refractivity contribution in [2.75, 3.05) is 25.6 Å². The van der Waals surface area contributed by atoms with E-state index in [4.69, 9.17) is 18.0 Å². The summed E-state index contributed by atoms with van der Waals surface area (Å²) in [5.74, 6) is 0.539. The van der Waals surface area contributed by atoms with Crippen LogP contribution in [-0.2, 0) is 9.53 Å². The van der Waals surface area contributed by atoms with Crippen LogP contribution in [0.1, 0.15) is 24.1 Å². The van der Waals surface area contributed by atoms with Crippen molar-refractivity contribution in [3.63, 3.8) is 0 Å². The van der Waals surface area contributed by atoms with Crippen LogP contribution >= 0.6 is 12.2 Å². The van der Waals surface area contributed by atoms with E-state index in [2.05, 4.69) is 9.72 Å². The highest BCUT2D eigenvalue weighted by Gasteiger charge is 2.12. The van der Waals surface area contributed by atoms with E-state index in [9.17, 15) is 4.79 Å². The lowest BCUT2D eigenvalue weighted by Crippen LogP contribution is -2.25. The zero-order valence-electron chi connectivity index (χ0n) is 11.5. The number of aryl methyl sites for hydroxylation is 1. The van der Waals surface area contributed by atoms with Gasteiger partial charge in [-0.2, -0.15) is 0 Å². The van der Waals surface area contributed by atoms with E-state index >= 15 is 0 Å². The number of hydrogen-bond donors (Lipinski definition) is 1. The molecule has 5 nitrogen and oxygen atoms in total. The van der Waals surface area contributed by atoms with Crippen LogP contribution in [0.3, 0.4) is 0 Å². The molecule has 0 aliphatic carbocycles. The van der Waals surface area contributed by atoms with E-state index in [1.54, 1.807) is 0 Å². The van der Waals surface area contributed by atoms with E-state index in [-0.39, 0.29) is 5.97 Å². The molecule has 104 valence electrons. The maximum atomic E-state index is 11.1. The lowest BCUT2D eigenvalue weighted by molar-refractivity contribution is -0.140. The average Bonchev–Trinajstić information content (AvgIpc) is 2.37. The minimum absolute atomic E-state index is 0.208. The SMILES string of the molecule is COC(=O)CCCN(C)c1nc(C)ccc1C(N)=S. The molecule has 0 radical (unpaired) electrons. The van der Waals surface area contributed by atoms with Gasteiger partial charge in [-0.3, -0.25) is 4.79 Å². The molecule has 1 heterocycles. The zero-order valence-corrected chi connectivity index (χ0v) is 12.3.